The van der Waals surface area contributed by atoms with Gasteiger partial charge in [-0.2, -0.15) is 4.72 Å². The predicted octanol–water partition coefficient (Wildman–Crippen LogP) is 2.51. The van der Waals surface area contributed by atoms with Gasteiger partial charge >= 0.3 is 5.97 Å². The maximum absolute atomic E-state index is 12.4. The highest BCUT2D eigenvalue weighted by molar-refractivity contribution is 7.90. The molecule has 0 aliphatic carbocycles. The van der Waals surface area contributed by atoms with Crippen LogP contribution in [-0.2, 0) is 26.0 Å². The second kappa shape index (κ2) is 8.88. The van der Waals surface area contributed by atoms with Crippen molar-refractivity contribution in [3.8, 4) is 11.1 Å². The van der Waals surface area contributed by atoms with Crippen molar-refractivity contribution in [2.45, 2.75) is 17.4 Å². The Morgan fingerprint density at radius 1 is 1.15 bits per heavy atom. The molecule has 0 aromatic heterocycles. The maximum Gasteiger partial charge on any atom is 0.321 e. The lowest BCUT2D eigenvalue weighted by atomic mass is 10.1. The third kappa shape index (κ3) is 5.72. The summed E-state index contributed by atoms with van der Waals surface area (Å²) < 4.78 is 38.1. The van der Waals surface area contributed by atoms with E-state index in [0.717, 1.165) is 11.1 Å². The van der Waals surface area contributed by atoms with Gasteiger partial charge in [0.25, 0.3) is 0 Å². The van der Waals surface area contributed by atoms with Gasteiger partial charge in [0, 0.05) is 11.4 Å². The van der Waals surface area contributed by atoms with Gasteiger partial charge < -0.3 is 9.66 Å². The van der Waals surface area contributed by atoms with E-state index in [4.69, 9.17) is 11.6 Å². The fraction of sp³-hybridized carbons (Fsp3) is 0.235. The smallest absolute Gasteiger partial charge is 0.321 e. The summed E-state index contributed by atoms with van der Waals surface area (Å²) in [6.07, 6.45) is 1.38. The monoisotopic (exact) mass is 415 g/mol. The number of rotatable bonds is 8. The van der Waals surface area contributed by atoms with Crippen molar-refractivity contribution in [3.63, 3.8) is 0 Å². The molecular formula is C17H18ClNO5S2. The number of carbonyl (C=O) groups is 1. The van der Waals surface area contributed by atoms with Crippen LogP contribution in [0, 0.1) is 0 Å². The van der Waals surface area contributed by atoms with E-state index in [1.165, 1.54) is 18.4 Å². The highest BCUT2D eigenvalue weighted by atomic mass is 35.5. The molecule has 26 heavy (non-hydrogen) atoms. The molecule has 0 aliphatic heterocycles. The average molecular weight is 416 g/mol. The zero-order valence-corrected chi connectivity index (χ0v) is 16.3. The van der Waals surface area contributed by atoms with Crippen molar-refractivity contribution < 1.29 is 22.9 Å². The maximum atomic E-state index is 12.4. The van der Waals surface area contributed by atoms with Gasteiger partial charge in [-0.15, -0.1) is 0 Å². The molecule has 1 unspecified atom stereocenters. The first-order valence-electron chi connectivity index (χ1n) is 7.60. The van der Waals surface area contributed by atoms with Crippen molar-refractivity contribution in [2.24, 2.45) is 0 Å². The number of hydrogen-bond acceptors (Lipinski definition) is 4. The molecule has 0 heterocycles. The van der Waals surface area contributed by atoms with Crippen LogP contribution in [-0.4, -0.2) is 42.1 Å². The van der Waals surface area contributed by atoms with E-state index < -0.39 is 33.2 Å². The molecular weight excluding hydrogens is 398 g/mol. The van der Waals surface area contributed by atoms with E-state index in [0.29, 0.717) is 5.02 Å². The minimum absolute atomic E-state index is 0.0425. The van der Waals surface area contributed by atoms with Gasteiger partial charge in [0.1, 0.15) is 11.8 Å². The summed E-state index contributed by atoms with van der Waals surface area (Å²) in [7, 11) is -4.01. The summed E-state index contributed by atoms with van der Waals surface area (Å²) in [6, 6.07) is 11.8. The molecule has 0 saturated heterocycles. The minimum atomic E-state index is -4.01. The van der Waals surface area contributed by atoms with Crippen molar-refractivity contribution in [3.05, 3.63) is 53.6 Å². The molecule has 140 valence electrons. The second-order valence-corrected chi connectivity index (χ2v) is 9.31. The zero-order chi connectivity index (χ0) is 19.3. The van der Waals surface area contributed by atoms with Crippen molar-refractivity contribution in [1.29, 1.82) is 0 Å². The first-order chi connectivity index (χ1) is 12.2. The Hall–Kier alpha value is -1.58. The van der Waals surface area contributed by atoms with Gasteiger partial charge in [-0.1, -0.05) is 47.0 Å². The van der Waals surface area contributed by atoms with Crippen molar-refractivity contribution in [1.82, 2.24) is 4.72 Å². The van der Waals surface area contributed by atoms with E-state index in [1.807, 2.05) is 12.1 Å². The fourth-order valence-corrected chi connectivity index (χ4v) is 4.16. The summed E-state index contributed by atoms with van der Waals surface area (Å²) in [6.45, 7) is 0. The largest absolute Gasteiger partial charge is 0.617 e. The molecule has 6 nitrogen and oxygen atoms in total. The third-order valence-corrected chi connectivity index (χ3v) is 6.18. The van der Waals surface area contributed by atoms with Gasteiger partial charge in [0.2, 0.25) is 10.0 Å². The van der Waals surface area contributed by atoms with Crippen LogP contribution in [0.1, 0.15) is 6.42 Å². The van der Waals surface area contributed by atoms with Crippen LogP contribution in [0.5, 0.6) is 0 Å². The van der Waals surface area contributed by atoms with E-state index in [2.05, 4.69) is 4.72 Å². The lowest BCUT2D eigenvalue weighted by molar-refractivity contribution is -0.139. The molecule has 0 amide bonds. The Kier molecular flexibility index (Phi) is 7.08. The number of carboxylic acid groups (broad SMARTS) is 1. The first-order valence-corrected chi connectivity index (χ1v) is 11.2. The highest BCUT2D eigenvalue weighted by Gasteiger charge is 2.26. The normalized spacial score (nSPS) is 14.0. The lowest BCUT2D eigenvalue weighted by Gasteiger charge is -2.15. The number of hydrogen-bond donors (Lipinski definition) is 2. The summed E-state index contributed by atoms with van der Waals surface area (Å²) in [5, 5.41) is 9.78. The zero-order valence-electron chi connectivity index (χ0n) is 13.9. The van der Waals surface area contributed by atoms with E-state index in [9.17, 15) is 22.9 Å². The quantitative estimate of drug-likeness (QED) is 0.644. The van der Waals surface area contributed by atoms with Crippen LogP contribution in [0.2, 0.25) is 5.02 Å². The molecule has 0 saturated carbocycles. The second-order valence-electron chi connectivity index (χ2n) is 5.61. The molecule has 0 bridgehead atoms. The van der Waals surface area contributed by atoms with E-state index >= 15 is 0 Å². The Morgan fingerprint density at radius 3 is 2.12 bits per heavy atom. The number of sulfonamides is 1. The van der Waals surface area contributed by atoms with Gasteiger partial charge in [-0.25, -0.2) is 8.42 Å². The molecule has 0 radical (unpaired) electrons. The minimum Gasteiger partial charge on any atom is -0.617 e. The van der Waals surface area contributed by atoms with Gasteiger partial charge in [-0.3, -0.25) is 4.79 Å². The van der Waals surface area contributed by atoms with Crippen LogP contribution in [0.4, 0.5) is 0 Å². The van der Waals surface area contributed by atoms with Crippen molar-refractivity contribution in [2.75, 3.05) is 12.0 Å². The molecule has 0 fully saturated rings. The van der Waals surface area contributed by atoms with Crippen LogP contribution in [0.25, 0.3) is 11.1 Å². The van der Waals surface area contributed by atoms with Crippen LogP contribution in [0.3, 0.4) is 0 Å². The fourth-order valence-electron chi connectivity index (χ4n) is 2.24. The molecule has 2 atom stereocenters. The third-order valence-electron chi connectivity index (χ3n) is 3.63. The summed E-state index contributed by atoms with van der Waals surface area (Å²) in [5.41, 5.74) is 1.68. The molecule has 2 aromatic rings. The Labute approximate surface area is 160 Å². The number of halogens is 1. The Balaban J connectivity index is 2.17. The van der Waals surface area contributed by atoms with Gasteiger partial charge in [-0.05, 0) is 35.4 Å². The summed E-state index contributed by atoms with van der Waals surface area (Å²) >= 11 is 4.64. The number of carboxylic acids is 1. The summed E-state index contributed by atoms with van der Waals surface area (Å²) in [5.74, 6) is -1.22. The summed E-state index contributed by atoms with van der Waals surface area (Å²) in [4.78, 5) is 11.2. The molecule has 2 N–H and O–H groups in total. The molecule has 0 spiro atoms. The average Bonchev–Trinajstić information content (AvgIpc) is 2.59. The predicted molar refractivity (Wildman–Crippen MR) is 102 cm³/mol. The Bertz CT molecular complexity index is 852. The molecule has 0 aliphatic rings. The standard InChI is InChI=1S/C17H18ClNO5S2/c1-25(22)11-10-16(17(20)21)19-26(23,24)15-8-4-13(5-9-15)12-2-6-14(18)7-3-12/h2-9,16,19H,10-11H2,1H3,(H,20,21)/t16-,25?/m1/s1. The topological polar surface area (TPSA) is 107 Å². The Morgan fingerprint density at radius 2 is 1.65 bits per heavy atom. The number of aliphatic carboxylic acids is 1. The lowest BCUT2D eigenvalue weighted by Crippen LogP contribution is -2.41. The van der Waals surface area contributed by atoms with Crippen LogP contribution < -0.4 is 4.72 Å². The van der Waals surface area contributed by atoms with E-state index in [1.54, 1.807) is 24.3 Å². The number of nitrogens with one attached hydrogen (secondary N) is 1. The molecule has 9 heteroatoms. The highest BCUT2D eigenvalue weighted by Crippen LogP contribution is 2.23. The van der Waals surface area contributed by atoms with Crippen LogP contribution in [0.15, 0.2) is 53.4 Å². The van der Waals surface area contributed by atoms with Crippen molar-refractivity contribution >= 4 is 38.8 Å². The van der Waals surface area contributed by atoms with E-state index in [-0.39, 0.29) is 17.1 Å². The van der Waals surface area contributed by atoms with Gasteiger partial charge in [0.05, 0.1) is 11.2 Å². The first kappa shape index (κ1) is 20.7. The number of benzene rings is 2. The van der Waals surface area contributed by atoms with Crippen LogP contribution >= 0.6 is 11.6 Å². The SMILES string of the molecule is C[S+]([O-])CC[C@@H](NS(=O)(=O)c1ccc(-c2ccc(Cl)cc2)cc1)C(=O)O. The molecule has 2 rings (SSSR count). The molecule has 2 aromatic carbocycles. The van der Waals surface area contributed by atoms with Gasteiger partial charge in [0.15, 0.2) is 0 Å².